The summed E-state index contributed by atoms with van der Waals surface area (Å²) in [5.74, 6) is 0.158. The lowest BCUT2D eigenvalue weighted by Crippen LogP contribution is -2.72. The van der Waals surface area contributed by atoms with Crippen molar-refractivity contribution >= 4 is 53.7 Å². The second-order valence-corrected chi connectivity index (χ2v) is 10.0. The van der Waals surface area contributed by atoms with Gasteiger partial charge in [0.2, 0.25) is 5.91 Å². The molecule has 2 bridgehead atoms. The van der Waals surface area contributed by atoms with Gasteiger partial charge in [0.25, 0.3) is 0 Å². The molecule has 3 aliphatic rings. The second kappa shape index (κ2) is 5.25. The van der Waals surface area contributed by atoms with Crippen molar-refractivity contribution in [3.63, 3.8) is 0 Å². The minimum absolute atomic E-state index is 0.0387. The Morgan fingerprint density at radius 2 is 2.05 bits per heavy atom. The van der Waals surface area contributed by atoms with Gasteiger partial charge >= 0.3 is 0 Å². The van der Waals surface area contributed by atoms with Gasteiger partial charge in [-0.25, -0.2) is 0 Å². The van der Waals surface area contributed by atoms with E-state index in [2.05, 4.69) is 67.0 Å². The monoisotopic (exact) mass is 459 g/mol. The molecule has 0 radical (unpaired) electrons. The first-order chi connectivity index (χ1) is 8.79. The van der Waals surface area contributed by atoms with E-state index in [0.717, 1.165) is 12.8 Å². The van der Waals surface area contributed by atoms with Crippen LogP contribution >= 0.6 is 47.8 Å². The van der Waals surface area contributed by atoms with Gasteiger partial charge in [-0.05, 0) is 18.3 Å². The molecule has 0 aromatic carbocycles. The first kappa shape index (κ1) is 16.2. The highest BCUT2D eigenvalue weighted by molar-refractivity contribution is 9.24. The number of nitrogens with one attached hydrogen (secondary N) is 1. The SMILES string of the molecule is COCCNC(=O)C12CCC(C(Br)Br)(C1Br)C2(C)C. The summed E-state index contributed by atoms with van der Waals surface area (Å²) in [4.78, 5) is 12.8. The van der Waals surface area contributed by atoms with Crippen LogP contribution in [0.4, 0.5) is 0 Å². The third kappa shape index (κ3) is 1.78. The lowest BCUT2D eigenvalue weighted by molar-refractivity contribution is -0.161. The van der Waals surface area contributed by atoms with Crippen LogP contribution in [0.5, 0.6) is 0 Å². The average Bonchev–Trinajstić information content (AvgIpc) is 2.79. The van der Waals surface area contributed by atoms with Crippen molar-refractivity contribution in [1.82, 2.24) is 5.32 Å². The summed E-state index contributed by atoms with van der Waals surface area (Å²) < 4.78 is 5.21. The van der Waals surface area contributed by atoms with Crippen LogP contribution in [0, 0.1) is 16.2 Å². The second-order valence-electron chi connectivity index (χ2n) is 6.05. The molecule has 110 valence electrons. The van der Waals surface area contributed by atoms with Crippen LogP contribution < -0.4 is 5.32 Å². The Hall–Kier alpha value is 0.870. The maximum Gasteiger partial charge on any atom is 0.228 e. The molecular weight excluding hydrogens is 442 g/mol. The quantitative estimate of drug-likeness (QED) is 0.503. The smallest absolute Gasteiger partial charge is 0.228 e. The Labute approximate surface area is 140 Å². The first-order valence-electron chi connectivity index (χ1n) is 6.48. The van der Waals surface area contributed by atoms with Crippen LogP contribution in [0.3, 0.4) is 0 Å². The fourth-order valence-corrected chi connectivity index (χ4v) is 9.04. The van der Waals surface area contributed by atoms with E-state index in [0.29, 0.717) is 13.2 Å². The molecule has 0 heterocycles. The number of hydrogen-bond acceptors (Lipinski definition) is 2. The van der Waals surface area contributed by atoms with Gasteiger partial charge in [-0.3, -0.25) is 4.79 Å². The van der Waals surface area contributed by atoms with Gasteiger partial charge in [0, 0.05) is 23.9 Å². The molecule has 3 nitrogen and oxygen atoms in total. The fraction of sp³-hybridized carbons (Fsp3) is 0.923. The number of rotatable bonds is 5. The number of ether oxygens (including phenoxy) is 1. The molecule has 0 aliphatic heterocycles. The third-order valence-electron chi connectivity index (χ3n) is 5.48. The zero-order valence-corrected chi connectivity index (χ0v) is 16.2. The Bertz CT molecular complexity index is 388. The van der Waals surface area contributed by atoms with Crippen molar-refractivity contribution in [1.29, 1.82) is 0 Å². The van der Waals surface area contributed by atoms with Crippen molar-refractivity contribution in [2.24, 2.45) is 16.2 Å². The molecule has 3 unspecified atom stereocenters. The van der Waals surface area contributed by atoms with E-state index >= 15 is 0 Å². The number of halogens is 3. The molecule has 3 saturated carbocycles. The van der Waals surface area contributed by atoms with Crippen molar-refractivity contribution in [3.8, 4) is 0 Å². The van der Waals surface area contributed by atoms with Gasteiger partial charge < -0.3 is 10.1 Å². The van der Waals surface area contributed by atoms with Crippen LogP contribution in [0.15, 0.2) is 0 Å². The van der Waals surface area contributed by atoms with Gasteiger partial charge in [0.15, 0.2) is 0 Å². The molecule has 1 amide bonds. The zero-order chi connectivity index (χ0) is 14.5. The molecule has 0 spiro atoms. The lowest BCUT2D eigenvalue weighted by atomic mass is 9.43. The summed E-state index contributed by atoms with van der Waals surface area (Å²) in [6, 6.07) is 0. The van der Waals surface area contributed by atoms with Crippen LogP contribution in [-0.4, -0.2) is 34.7 Å². The summed E-state index contributed by atoms with van der Waals surface area (Å²) in [6.07, 6.45) is 1.98. The number of alkyl halides is 3. The molecule has 19 heavy (non-hydrogen) atoms. The van der Waals surface area contributed by atoms with Gasteiger partial charge in [-0.1, -0.05) is 61.6 Å². The first-order valence-corrected chi connectivity index (χ1v) is 9.23. The Balaban J connectivity index is 2.20. The van der Waals surface area contributed by atoms with Crippen LogP contribution in [-0.2, 0) is 9.53 Å². The van der Waals surface area contributed by atoms with Crippen molar-refractivity contribution in [2.75, 3.05) is 20.3 Å². The Kier molecular flexibility index (Phi) is 4.49. The predicted molar refractivity (Wildman–Crippen MR) is 87.1 cm³/mol. The third-order valence-corrected chi connectivity index (χ3v) is 8.72. The number of amides is 1. The van der Waals surface area contributed by atoms with Gasteiger partial charge in [0.05, 0.1) is 15.8 Å². The summed E-state index contributed by atoms with van der Waals surface area (Å²) in [7, 11) is 1.64. The number of methoxy groups -OCH3 is 1. The highest BCUT2D eigenvalue weighted by atomic mass is 79.9. The summed E-state index contributed by atoms with van der Waals surface area (Å²) in [6.45, 7) is 5.55. The Morgan fingerprint density at radius 1 is 1.42 bits per heavy atom. The van der Waals surface area contributed by atoms with E-state index in [1.807, 2.05) is 0 Å². The number of carbonyl (C=O) groups is 1. The normalized spacial score (nSPS) is 39.2. The highest BCUT2D eigenvalue weighted by Gasteiger charge is 2.83. The standard InChI is InChI=1S/C13H20Br3NO2/c1-11(2)12(9(15)16)4-5-13(11,8(12)14)10(18)17-6-7-19-3/h8-9H,4-7H2,1-3H3,(H,17,18). The number of carbonyl (C=O) groups excluding carboxylic acids is 1. The van der Waals surface area contributed by atoms with Gasteiger partial charge in [-0.2, -0.15) is 0 Å². The van der Waals surface area contributed by atoms with E-state index in [4.69, 9.17) is 4.74 Å². The van der Waals surface area contributed by atoms with E-state index in [1.54, 1.807) is 7.11 Å². The summed E-state index contributed by atoms with van der Waals surface area (Å²) in [5, 5.41) is 3.02. The lowest BCUT2D eigenvalue weighted by Gasteiger charge is -2.66. The summed E-state index contributed by atoms with van der Waals surface area (Å²) >= 11 is 11.2. The van der Waals surface area contributed by atoms with Crippen LogP contribution in [0.25, 0.3) is 0 Å². The topological polar surface area (TPSA) is 38.3 Å². The van der Waals surface area contributed by atoms with Crippen molar-refractivity contribution < 1.29 is 9.53 Å². The Morgan fingerprint density at radius 3 is 2.47 bits per heavy atom. The number of hydrogen-bond donors (Lipinski definition) is 1. The summed E-state index contributed by atoms with van der Waals surface area (Å²) in [5.41, 5.74) is -0.255. The van der Waals surface area contributed by atoms with Gasteiger partial charge in [0.1, 0.15) is 0 Å². The van der Waals surface area contributed by atoms with E-state index < -0.39 is 0 Å². The van der Waals surface area contributed by atoms with E-state index in [9.17, 15) is 4.79 Å². The molecule has 1 N–H and O–H groups in total. The highest BCUT2D eigenvalue weighted by Crippen LogP contribution is 2.82. The maximum absolute atomic E-state index is 12.6. The molecule has 0 aromatic rings. The molecular formula is C13H20Br3NO2. The van der Waals surface area contributed by atoms with Crippen LogP contribution in [0.1, 0.15) is 26.7 Å². The minimum atomic E-state index is -0.305. The van der Waals surface area contributed by atoms with E-state index in [-0.39, 0.29) is 30.7 Å². The molecule has 0 aromatic heterocycles. The van der Waals surface area contributed by atoms with Crippen molar-refractivity contribution in [3.05, 3.63) is 0 Å². The number of fused-ring (bicyclic) bond motifs is 1. The minimum Gasteiger partial charge on any atom is -0.383 e. The fourth-order valence-electron chi connectivity index (χ4n) is 4.12. The molecule has 3 atom stereocenters. The van der Waals surface area contributed by atoms with Gasteiger partial charge in [-0.15, -0.1) is 0 Å². The average molecular weight is 462 g/mol. The molecule has 3 rings (SSSR count). The molecule has 3 aliphatic carbocycles. The largest absolute Gasteiger partial charge is 0.383 e. The molecule has 6 heteroatoms. The predicted octanol–water partition coefficient (Wildman–Crippen LogP) is 3.43. The maximum atomic E-state index is 12.6. The van der Waals surface area contributed by atoms with Crippen LogP contribution in [0.2, 0.25) is 0 Å². The van der Waals surface area contributed by atoms with E-state index in [1.165, 1.54) is 0 Å². The zero-order valence-electron chi connectivity index (χ0n) is 11.4. The molecule has 0 saturated heterocycles. The molecule has 3 fully saturated rings. The van der Waals surface area contributed by atoms with Crippen molar-refractivity contribution in [2.45, 2.75) is 35.3 Å².